The highest BCUT2D eigenvalue weighted by Gasteiger charge is 2.30. The molecule has 18 heavy (non-hydrogen) atoms. The number of ether oxygens (including phenoxy) is 2. The number of methoxy groups -OCH3 is 1. The van der Waals surface area contributed by atoms with E-state index >= 15 is 0 Å². The van der Waals surface area contributed by atoms with E-state index in [1.54, 1.807) is 19.1 Å². The third-order valence-corrected chi connectivity index (χ3v) is 3.28. The Morgan fingerprint density at radius 1 is 1.50 bits per heavy atom. The first-order valence-electron chi connectivity index (χ1n) is 6.06. The third-order valence-electron chi connectivity index (χ3n) is 3.28. The minimum Gasteiger partial charge on any atom is -0.474 e. The van der Waals surface area contributed by atoms with Crippen LogP contribution in [0.5, 0.6) is 5.88 Å². The van der Waals surface area contributed by atoms with E-state index in [0.29, 0.717) is 29.6 Å². The maximum Gasteiger partial charge on any atom is 0.339 e. The zero-order valence-electron chi connectivity index (χ0n) is 10.7. The molecule has 0 radical (unpaired) electrons. The molecule has 0 aliphatic heterocycles. The standard InChI is InChI=1S/C13H18N2O3/c1-8-11(13(16)17-2)3-4-12(15-8)18-10-5-9(6-10)7-14/h3-4,9-10H,5-7,14H2,1-2H3. The molecule has 1 fully saturated rings. The molecule has 1 aliphatic carbocycles. The fourth-order valence-electron chi connectivity index (χ4n) is 2.06. The monoisotopic (exact) mass is 250 g/mol. The summed E-state index contributed by atoms with van der Waals surface area (Å²) in [6.07, 6.45) is 2.17. The van der Waals surface area contributed by atoms with Crippen LogP contribution in [0.4, 0.5) is 0 Å². The van der Waals surface area contributed by atoms with Gasteiger partial charge in [0.25, 0.3) is 0 Å². The number of hydrogen-bond donors (Lipinski definition) is 1. The molecule has 0 aromatic carbocycles. The van der Waals surface area contributed by atoms with E-state index < -0.39 is 0 Å². The van der Waals surface area contributed by atoms with Gasteiger partial charge in [0.15, 0.2) is 0 Å². The first kappa shape index (κ1) is 12.8. The van der Waals surface area contributed by atoms with Crippen molar-refractivity contribution in [1.82, 2.24) is 4.98 Å². The fourth-order valence-corrected chi connectivity index (χ4v) is 2.06. The molecule has 0 amide bonds. The molecule has 1 aromatic rings. The van der Waals surface area contributed by atoms with Crippen molar-refractivity contribution in [3.8, 4) is 5.88 Å². The Balaban J connectivity index is 1.99. The summed E-state index contributed by atoms with van der Waals surface area (Å²) >= 11 is 0. The van der Waals surface area contributed by atoms with Gasteiger partial charge in [-0.3, -0.25) is 0 Å². The number of esters is 1. The Morgan fingerprint density at radius 3 is 2.78 bits per heavy atom. The predicted molar refractivity (Wildman–Crippen MR) is 66.5 cm³/mol. The van der Waals surface area contributed by atoms with Gasteiger partial charge < -0.3 is 15.2 Å². The lowest BCUT2D eigenvalue weighted by atomic mass is 9.82. The third kappa shape index (κ3) is 2.61. The number of carbonyl (C=O) groups is 1. The minimum atomic E-state index is -0.376. The van der Waals surface area contributed by atoms with Gasteiger partial charge in [-0.1, -0.05) is 0 Å². The summed E-state index contributed by atoms with van der Waals surface area (Å²) < 4.78 is 10.4. The summed E-state index contributed by atoms with van der Waals surface area (Å²) in [5.74, 6) is 0.754. The summed E-state index contributed by atoms with van der Waals surface area (Å²) in [6.45, 7) is 2.48. The Bertz CT molecular complexity index is 442. The number of nitrogens with two attached hydrogens (primary N) is 1. The van der Waals surface area contributed by atoms with Crippen molar-refractivity contribution >= 4 is 5.97 Å². The van der Waals surface area contributed by atoms with E-state index in [0.717, 1.165) is 12.8 Å². The first-order valence-corrected chi connectivity index (χ1v) is 6.06. The lowest BCUT2D eigenvalue weighted by molar-refractivity contribution is 0.0595. The van der Waals surface area contributed by atoms with Crippen molar-refractivity contribution in [3.05, 3.63) is 23.4 Å². The van der Waals surface area contributed by atoms with Gasteiger partial charge in [0.2, 0.25) is 5.88 Å². The topological polar surface area (TPSA) is 74.4 Å². The molecule has 0 saturated heterocycles. The van der Waals surface area contributed by atoms with Gasteiger partial charge in [-0.05, 0) is 38.3 Å². The molecule has 2 N–H and O–H groups in total. The van der Waals surface area contributed by atoms with Crippen LogP contribution >= 0.6 is 0 Å². The van der Waals surface area contributed by atoms with Gasteiger partial charge >= 0.3 is 5.97 Å². The highest BCUT2D eigenvalue weighted by Crippen LogP contribution is 2.30. The van der Waals surface area contributed by atoms with Gasteiger partial charge in [0, 0.05) is 6.07 Å². The molecule has 1 aliphatic rings. The first-order chi connectivity index (χ1) is 8.63. The molecule has 2 rings (SSSR count). The molecule has 0 spiro atoms. The largest absolute Gasteiger partial charge is 0.474 e. The molecule has 1 aromatic heterocycles. The minimum absolute atomic E-state index is 0.203. The molecule has 0 unspecified atom stereocenters. The van der Waals surface area contributed by atoms with Crippen molar-refractivity contribution in [1.29, 1.82) is 0 Å². The SMILES string of the molecule is COC(=O)c1ccc(OC2CC(CN)C2)nc1C. The smallest absolute Gasteiger partial charge is 0.339 e. The van der Waals surface area contributed by atoms with Crippen molar-refractivity contribution in [2.24, 2.45) is 11.7 Å². The Labute approximate surface area is 106 Å². The molecular formula is C13H18N2O3. The lowest BCUT2D eigenvalue weighted by Crippen LogP contribution is -2.37. The maximum atomic E-state index is 11.4. The van der Waals surface area contributed by atoms with E-state index in [1.165, 1.54) is 7.11 Å². The van der Waals surface area contributed by atoms with E-state index in [4.69, 9.17) is 10.5 Å². The summed E-state index contributed by atoms with van der Waals surface area (Å²) in [6, 6.07) is 3.39. The highest BCUT2D eigenvalue weighted by atomic mass is 16.5. The molecule has 0 bridgehead atoms. The summed E-state index contributed by atoms with van der Waals surface area (Å²) in [5.41, 5.74) is 6.65. The average molecular weight is 250 g/mol. The van der Waals surface area contributed by atoms with Crippen LogP contribution in [0, 0.1) is 12.8 Å². The molecule has 5 heteroatoms. The highest BCUT2D eigenvalue weighted by molar-refractivity contribution is 5.90. The number of nitrogens with zero attached hydrogens (tertiary/aromatic N) is 1. The summed E-state index contributed by atoms with van der Waals surface area (Å²) in [5, 5.41) is 0. The van der Waals surface area contributed by atoms with Crippen LogP contribution in [0.25, 0.3) is 0 Å². The van der Waals surface area contributed by atoms with Crippen LogP contribution < -0.4 is 10.5 Å². The molecule has 0 atom stereocenters. The summed E-state index contributed by atoms with van der Waals surface area (Å²) in [4.78, 5) is 15.7. The van der Waals surface area contributed by atoms with Crippen LogP contribution in [-0.4, -0.2) is 30.7 Å². The van der Waals surface area contributed by atoms with E-state index in [1.807, 2.05) is 0 Å². The number of aromatic nitrogens is 1. The molecular weight excluding hydrogens is 232 g/mol. The van der Waals surface area contributed by atoms with Crippen LogP contribution in [0.15, 0.2) is 12.1 Å². The van der Waals surface area contributed by atoms with Gasteiger partial charge in [0.1, 0.15) is 6.10 Å². The zero-order chi connectivity index (χ0) is 13.1. The number of carbonyl (C=O) groups excluding carboxylic acids is 1. The molecule has 98 valence electrons. The average Bonchev–Trinajstić information content (AvgIpc) is 2.32. The number of aryl methyl sites for hydroxylation is 1. The second kappa shape index (κ2) is 5.35. The Morgan fingerprint density at radius 2 is 2.22 bits per heavy atom. The zero-order valence-corrected chi connectivity index (χ0v) is 10.7. The van der Waals surface area contributed by atoms with Gasteiger partial charge in [-0.25, -0.2) is 9.78 Å². The van der Waals surface area contributed by atoms with E-state index in [2.05, 4.69) is 9.72 Å². The van der Waals surface area contributed by atoms with E-state index in [-0.39, 0.29) is 12.1 Å². The lowest BCUT2D eigenvalue weighted by Gasteiger charge is -2.34. The van der Waals surface area contributed by atoms with Crippen molar-refractivity contribution < 1.29 is 14.3 Å². The van der Waals surface area contributed by atoms with Gasteiger partial charge in [-0.15, -0.1) is 0 Å². The van der Waals surface area contributed by atoms with Gasteiger partial charge in [-0.2, -0.15) is 0 Å². The number of hydrogen-bond acceptors (Lipinski definition) is 5. The van der Waals surface area contributed by atoms with Crippen molar-refractivity contribution in [2.75, 3.05) is 13.7 Å². The molecule has 1 heterocycles. The Hall–Kier alpha value is -1.62. The van der Waals surface area contributed by atoms with Crippen LogP contribution in [0.2, 0.25) is 0 Å². The predicted octanol–water partition coefficient (Wildman–Crippen LogP) is 1.29. The maximum absolute atomic E-state index is 11.4. The quantitative estimate of drug-likeness (QED) is 0.815. The second-order valence-electron chi connectivity index (χ2n) is 4.59. The van der Waals surface area contributed by atoms with E-state index in [9.17, 15) is 4.79 Å². The van der Waals surface area contributed by atoms with Crippen molar-refractivity contribution in [2.45, 2.75) is 25.9 Å². The molecule has 5 nitrogen and oxygen atoms in total. The summed E-state index contributed by atoms with van der Waals surface area (Å²) in [7, 11) is 1.35. The van der Waals surface area contributed by atoms with Crippen LogP contribution in [-0.2, 0) is 4.74 Å². The van der Waals surface area contributed by atoms with Crippen LogP contribution in [0.1, 0.15) is 28.9 Å². The number of pyridine rings is 1. The van der Waals surface area contributed by atoms with Gasteiger partial charge in [0.05, 0.1) is 18.4 Å². The van der Waals surface area contributed by atoms with Crippen LogP contribution in [0.3, 0.4) is 0 Å². The molecule has 1 saturated carbocycles. The normalized spacial score (nSPS) is 22.2. The fraction of sp³-hybridized carbons (Fsp3) is 0.538. The second-order valence-corrected chi connectivity index (χ2v) is 4.59. The van der Waals surface area contributed by atoms with Crippen molar-refractivity contribution in [3.63, 3.8) is 0 Å². The number of rotatable bonds is 4. The Kier molecular flexibility index (Phi) is 3.81.